The van der Waals surface area contributed by atoms with E-state index < -0.39 is 11.5 Å². The van der Waals surface area contributed by atoms with E-state index in [2.05, 4.69) is 0 Å². The lowest BCUT2D eigenvalue weighted by molar-refractivity contribution is -0.152. The van der Waals surface area contributed by atoms with Crippen molar-refractivity contribution >= 4 is 18.4 Å². The topological polar surface area (TPSA) is 70.8 Å². The number of methoxy groups -OCH3 is 3. The highest BCUT2D eigenvalue weighted by Gasteiger charge is 2.39. The van der Waals surface area contributed by atoms with Crippen molar-refractivity contribution in [3.05, 3.63) is 23.3 Å². The maximum atomic E-state index is 11.9. The van der Waals surface area contributed by atoms with Gasteiger partial charge in [0.15, 0.2) is 0 Å². The smallest absolute Gasteiger partial charge is 0.313 e. The molecule has 1 atom stereocenters. The van der Waals surface area contributed by atoms with Gasteiger partial charge >= 0.3 is 5.97 Å². The Labute approximate surface area is 132 Å². The number of halogens is 1. The highest BCUT2D eigenvalue weighted by atomic mass is 35.5. The van der Waals surface area contributed by atoms with Gasteiger partial charge in [-0.05, 0) is 38.5 Å². The molecule has 6 heteroatoms. The molecule has 0 radical (unpaired) electrons. The zero-order valence-corrected chi connectivity index (χ0v) is 14.2. The lowest BCUT2D eigenvalue weighted by Crippen LogP contribution is -2.37. The van der Waals surface area contributed by atoms with Crippen LogP contribution in [0.4, 0.5) is 0 Å². The molecular weight excluding hydrogens is 294 g/mol. The van der Waals surface area contributed by atoms with Gasteiger partial charge in [-0.25, -0.2) is 0 Å². The number of aryl methyl sites for hydroxylation is 1. The van der Waals surface area contributed by atoms with Crippen molar-refractivity contribution in [2.45, 2.75) is 26.8 Å². The molecule has 0 fully saturated rings. The molecule has 0 bridgehead atoms. The Morgan fingerprint density at radius 1 is 1.14 bits per heavy atom. The van der Waals surface area contributed by atoms with Crippen LogP contribution < -0.4 is 15.2 Å². The first-order valence-corrected chi connectivity index (χ1v) is 6.36. The molecule has 120 valence electrons. The summed E-state index contributed by atoms with van der Waals surface area (Å²) in [7, 11) is 4.48. The summed E-state index contributed by atoms with van der Waals surface area (Å²) in [4.78, 5) is 11.9. The lowest BCUT2D eigenvalue weighted by atomic mass is 9.80. The van der Waals surface area contributed by atoms with E-state index in [0.717, 1.165) is 5.56 Å². The Kier molecular flexibility index (Phi) is 7.00. The molecule has 5 nitrogen and oxygen atoms in total. The molecule has 21 heavy (non-hydrogen) atoms. The average molecular weight is 318 g/mol. The van der Waals surface area contributed by atoms with E-state index >= 15 is 0 Å². The van der Waals surface area contributed by atoms with Gasteiger partial charge in [-0.2, -0.15) is 0 Å². The van der Waals surface area contributed by atoms with E-state index in [1.165, 1.54) is 7.11 Å². The summed E-state index contributed by atoms with van der Waals surface area (Å²) in [6.45, 7) is 5.41. The van der Waals surface area contributed by atoms with Gasteiger partial charge in [-0.1, -0.05) is 0 Å². The summed E-state index contributed by atoms with van der Waals surface area (Å²) in [6, 6.07) is 3.12. The van der Waals surface area contributed by atoms with E-state index in [-0.39, 0.29) is 18.4 Å². The number of rotatable bonds is 5. The molecule has 2 N–H and O–H groups in total. The fraction of sp³-hybridized carbons (Fsp3) is 0.533. The number of hydrogen-bond donors (Lipinski definition) is 1. The molecular formula is C15H24ClNO4. The summed E-state index contributed by atoms with van der Waals surface area (Å²) in [5, 5.41) is 0. The number of carbonyl (C=O) groups is 1. The summed E-state index contributed by atoms with van der Waals surface area (Å²) in [5.41, 5.74) is 7.05. The van der Waals surface area contributed by atoms with Crippen molar-refractivity contribution in [3.63, 3.8) is 0 Å². The predicted octanol–water partition coefficient (Wildman–Crippen LogP) is 2.63. The van der Waals surface area contributed by atoms with E-state index in [0.29, 0.717) is 17.1 Å². The van der Waals surface area contributed by atoms with Crippen LogP contribution in [0.3, 0.4) is 0 Å². The maximum absolute atomic E-state index is 11.9. The third-order valence-corrected chi connectivity index (χ3v) is 3.49. The van der Waals surface area contributed by atoms with Crippen LogP contribution in [0, 0.1) is 12.3 Å². The minimum atomic E-state index is -0.898. The fourth-order valence-electron chi connectivity index (χ4n) is 2.13. The van der Waals surface area contributed by atoms with Crippen LogP contribution in [0.25, 0.3) is 0 Å². The SMILES string of the molecule is COC(=O)C(C)(C)[C@@H](N)c1c(OC)cc(C)cc1OC.Cl. The van der Waals surface area contributed by atoms with Crippen LogP contribution in [0.2, 0.25) is 0 Å². The molecule has 0 aliphatic rings. The van der Waals surface area contributed by atoms with Crippen LogP contribution in [0.5, 0.6) is 11.5 Å². The molecule has 1 aromatic rings. The van der Waals surface area contributed by atoms with Crippen molar-refractivity contribution in [1.29, 1.82) is 0 Å². The van der Waals surface area contributed by atoms with Crippen molar-refractivity contribution in [2.75, 3.05) is 21.3 Å². The van der Waals surface area contributed by atoms with Crippen molar-refractivity contribution in [2.24, 2.45) is 11.1 Å². The number of nitrogens with two attached hydrogens (primary N) is 1. The van der Waals surface area contributed by atoms with Crippen LogP contribution in [0.15, 0.2) is 12.1 Å². The van der Waals surface area contributed by atoms with Crippen molar-refractivity contribution in [3.8, 4) is 11.5 Å². The normalized spacial score (nSPS) is 12.1. The highest BCUT2D eigenvalue weighted by molar-refractivity contribution is 5.85. The van der Waals surface area contributed by atoms with Crippen LogP contribution in [-0.4, -0.2) is 27.3 Å². The van der Waals surface area contributed by atoms with Gasteiger partial charge in [0.2, 0.25) is 0 Å². The quantitative estimate of drug-likeness (QED) is 0.845. The number of benzene rings is 1. The van der Waals surface area contributed by atoms with Crippen LogP contribution in [-0.2, 0) is 9.53 Å². The predicted molar refractivity (Wildman–Crippen MR) is 84.3 cm³/mol. The first-order chi connectivity index (χ1) is 9.29. The number of carbonyl (C=O) groups excluding carboxylic acids is 1. The molecule has 0 aromatic heterocycles. The lowest BCUT2D eigenvalue weighted by Gasteiger charge is -2.31. The second kappa shape index (κ2) is 7.52. The minimum Gasteiger partial charge on any atom is -0.496 e. The summed E-state index contributed by atoms with van der Waals surface area (Å²) >= 11 is 0. The van der Waals surface area contributed by atoms with Gasteiger partial charge in [0, 0.05) is 0 Å². The molecule has 0 amide bonds. The van der Waals surface area contributed by atoms with Crippen molar-refractivity contribution < 1.29 is 19.0 Å². The van der Waals surface area contributed by atoms with Gasteiger partial charge < -0.3 is 19.9 Å². The second-order valence-electron chi connectivity index (χ2n) is 5.27. The van der Waals surface area contributed by atoms with Crippen LogP contribution >= 0.6 is 12.4 Å². The average Bonchev–Trinajstić information content (AvgIpc) is 2.44. The Balaban J connectivity index is 0.00000400. The zero-order chi connectivity index (χ0) is 15.5. The molecule has 0 aliphatic carbocycles. The molecule has 0 spiro atoms. The fourth-order valence-corrected chi connectivity index (χ4v) is 2.13. The number of esters is 1. The Bertz CT molecular complexity index is 477. The Morgan fingerprint density at radius 3 is 1.90 bits per heavy atom. The molecule has 1 rings (SSSR count). The second-order valence-corrected chi connectivity index (χ2v) is 5.27. The largest absolute Gasteiger partial charge is 0.496 e. The first-order valence-electron chi connectivity index (χ1n) is 6.36. The van der Waals surface area contributed by atoms with Crippen LogP contribution in [0.1, 0.15) is 31.0 Å². The third-order valence-electron chi connectivity index (χ3n) is 3.49. The molecule has 1 aromatic carbocycles. The molecule has 0 aliphatic heterocycles. The number of hydrogen-bond acceptors (Lipinski definition) is 5. The summed E-state index contributed by atoms with van der Waals surface area (Å²) in [5.74, 6) is 0.826. The standard InChI is InChI=1S/C15H23NO4.ClH/c1-9-7-10(18-4)12(11(8-9)19-5)13(16)15(2,3)14(17)20-6;/h7-8,13H,16H2,1-6H3;1H/t13-;/m0./s1. The molecule has 0 saturated heterocycles. The Hall–Kier alpha value is -1.46. The van der Waals surface area contributed by atoms with E-state index in [4.69, 9.17) is 19.9 Å². The number of ether oxygens (including phenoxy) is 3. The minimum absolute atomic E-state index is 0. The highest BCUT2D eigenvalue weighted by Crippen LogP contribution is 2.42. The summed E-state index contributed by atoms with van der Waals surface area (Å²) < 4.78 is 15.6. The zero-order valence-electron chi connectivity index (χ0n) is 13.4. The first kappa shape index (κ1) is 19.5. The summed E-state index contributed by atoms with van der Waals surface area (Å²) in [6.07, 6.45) is 0. The Morgan fingerprint density at radius 2 is 1.57 bits per heavy atom. The van der Waals surface area contributed by atoms with Gasteiger partial charge in [0.05, 0.1) is 38.3 Å². The third kappa shape index (κ3) is 3.80. The monoisotopic (exact) mass is 317 g/mol. The van der Waals surface area contributed by atoms with Gasteiger partial charge in [0.25, 0.3) is 0 Å². The molecule has 0 heterocycles. The van der Waals surface area contributed by atoms with Crippen molar-refractivity contribution in [1.82, 2.24) is 0 Å². The van der Waals surface area contributed by atoms with Gasteiger partial charge in [0.1, 0.15) is 11.5 Å². The van der Waals surface area contributed by atoms with Gasteiger partial charge in [-0.3, -0.25) is 4.79 Å². The molecule has 0 saturated carbocycles. The van der Waals surface area contributed by atoms with Gasteiger partial charge in [-0.15, -0.1) is 12.4 Å². The molecule has 0 unspecified atom stereocenters. The van der Waals surface area contributed by atoms with E-state index in [1.807, 2.05) is 19.1 Å². The van der Waals surface area contributed by atoms with E-state index in [1.54, 1.807) is 28.1 Å². The van der Waals surface area contributed by atoms with E-state index in [9.17, 15) is 4.79 Å². The maximum Gasteiger partial charge on any atom is 0.313 e.